The van der Waals surface area contributed by atoms with Crippen molar-refractivity contribution in [2.45, 2.75) is 6.92 Å². The summed E-state index contributed by atoms with van der Waals surface area (Å²) in [6.07, 6.45) is 0. The smallest absolute Gasteiger partial charge is 0.264 e. The van der Waals surface area contributed by atoms with E-state index in [1.165, 1.54) is 12.1 Å². The van der Waals surface area contributed by atoms with E-state index in [0.29, 0.717) is 11.4 Å². The summed E-state index contributed by atoms with van der Waals surface area (Å²) < 4.78 is 5.36. The number of hydrogen-bond acceptors (Lipinski definition) is 4. The third-order valence-electron chi connectivity index (χ3n) is 2.77. The van der Waals surface area contributed by atoms with Crippen molar-refractivity contribution in [3.63, 3.8) is 0 Å². The largest absolute Gasteiger partial charge is 0.508 e. The molecule has 2 rings (SSSR count). The zero-order valence-corrected chi connectivity index (χ0v) is 12.8. The molecule has 2 aromatic rings. The number of amides is 1. The van der Waals surface area contributed by atoms with Crippen molar-refractivity contribution >= 4 is 28.9 Å². The van der Waals surface area contributed by atoms with Crippen LogP contribution >= 0.6 is 12.2 Å². The standard InChI is InChI=1S/C16H16N2O3S/c1-11-2-8-14(9-3-11)21-10-15(20)18-16(22)17-12-4-6-13(19)7-5-12/h2-9,19H,10H2,1H3,(H2,17,18,20,22). The van der Waals surface area contributed by atoms with Gasteiger partial charge < -0.3 is 15.2 Å². The van der Waals surface area contributed by atoms with Crippen LogP contribution in [0.4, 0.5) is 5.69 Å². The summed E-state index contributed by atoms with van der Waals surface area (Å²) in [5, 5.41) is 14.7. The van der Waals surface area contributed by atoms with Crippen LogP contribution in [0.1, 0.15) is 5.56 Å². The predicted molar refractivity (Wildman–Crippen MR) is 89.1 cm³/mol. The van der Waals surface area contributed by atoms with E-state index in [1.54, 1.807) is 24.3 Å². The fourth-order valence-corrected chi connectivity index (χ4v) is 1.88. The number of carbonyl (C=O) groups is 1. The number of hydrogen-bond donors (Lipinski definition) is 3. The van der Waals surface area contributed by atoms with Gasteiger partial charge in [-0.25, -0.2) is 0 Å². The molecule has 0 bridgehead atoms. The Labute approximate surface area is 133 Å². The highest BCUT2D eigenvalue weighted by Crippen LogP contribution is 2.13. The van der Waals surface area contributed by atoms with E-state index in [1.807, 2.05) is 19.1 Å². The Kier molecular flexibility index (Phi) is 5.32. The molecule has 0 fully saturated rings. The molecule has 0 aromatic heterocycles. The number of nitrogens with one attached hydrogen (secondary N) is 2. The van der Waals surface area contributed by atoms with Gasteiger partial charge in [0.05, 0.1) is 0 Å². The first-order valence-electron chi connectivity index (χ1n) is 6.62. The lowest BCUT2D eigenvalue weighted by atomic mass is 10.2. The van der Waals surface area contributed by atoms with Gasteiger partial charge in [-0.3, -0.25) is 10.1 Å². The summed E-state index contributed by atoms with van der Waals surface area (Å²) in [4.78, 5) is 11.7. The van der Waals surface area contributed by atoms with E-state index in [9.17, 15) is 9.90 Å². The lowest BCUT2D eigenvalue weighted by Crippen LogP contribution is -2.37. The monoisotopic (exact) mass is 316 g/mol. The normalized spacial score (nSPS) is 9.86. The Hall–Kier alpha value is -2.60. The third-order valence-corrected chi connectivity index (χ3v) is 2.97. The van der Waals surface area contributed by atoms with Gasteiger partial charge in [0.2, 0.25) is 0 Å². The SMILES string of the molecule is Cc1ccc(OCC(=O)NC(=S)Nc2ccc(O)cc2)cc1. The van der Waals surface area contributed by atoms with Gasteiger partial charge in [0.1, 0.15) is 11.5 Å². The number of aromatic hydroxyl groups is 1. The summed E-state index contributed by atoms with van der Waals surface area (Å²) in [5.41, 5.74) is 1.79. The fraction of sp³-hybridized carbons (Fsp3) is 0.125. The van der Waals surface area contributed by atoms with E-state index in [0.717, 1.165) is 5.56 Å². The molecule has 3 N–H and O–H groups in total. The van der Waals surface area contributed by atoms with Crippen LogP contribution < -0.4 is 15.4 Å². The van der Waals surface area contributed by atoms with Crippen LogP contribution in [0.25, 0.3) is 0 Å². The van der Waals surface area contributed by atoms with Crippen molar-refractivity contribution < 1.29 is 14.6 Å². The molecule has 0 spiro atoms. The van der Waals surface area contributed by atoms with Gasteiger partial charge in [0.25, 0.3) is 5.91 Å². The molecule has 6 heteroatoms. The van der Waals surface area contributed by atoms with Crippen LogP contribution in [-0.4, -0.2) is 22.7 Å². The summed E-state index contributed by atoms with van der Waals surface area (Å²) >= 11 is 5.03. The Morgan fingerprint density at radius 2 is 1.77 bits per heavy atom. The number of thiocarbonyl (C=S) groups is 1. The minimum absolute atomic E-state index is 0.125. The molecule has 0 atom stereocenters. The van der Waals surface area contributed by atoms with Crippen LogP contribution in [0.3, 0.4) is 0 Å². The maximum Gasteiger partial charge on any atom is 0.264 e. The highest BCUT2D eigenvalue weighted by atomic mass is 32.1. The average Bonchev–Trinajstić information content (AvgIpc) is 2.49. The first kappa shape index (κ1) is 15.8. The molecule has 0 unspecified atom stereocenters. The summed E-state index contributed by atoms with van der Waals surface area (Å²) in [5.74, 6) is 0.432. The first-order valence-corrected chi connectivity index (χ1v) is 7.03. The van der Waals surface area contributed by atoms with Gasteiger partial charge in [-0.15, -0.1) is 0 Å². The van der Waals surface area contributed by atoms with E-state index < -0.39 is 0 Å². The number of phenols is 1. The van der Waals surface area contributed by atoms with Crippen LogP contribution in [-0.2, 0) is 4.79 Å². The molecule has 0 aliphatic heterocycles. The van der Waals surface area contributed by atoms with E-state index >= 15 is 0 Å². The molecule has 0 saturated carbocycles. The first-order chi connectivity index (χ1) is 10.5. The molecule has 2 aromatic carbocycles. The zero-order chi connectivity index (χ0) is 15.9. The number of rotatable bonds is 4. The van der Waals surface area contributed by atoms with E-state index in [-0.39, 0.29) is 23.4 Å². The Bertz CT molecular complexity index is 654. The summed E-state index contributed by atoms with van der Waals surface area (Å²) in [7, 11) is 0. The van der Waals surface area contributed by atoms with Gasteiger partial charge in [-0.2, -0.15) is 0 Å². The lowest BCUT2D eigenvalue weighted by Gasteiger charge is -2.10. The molecule has 0 radical (unpaired) electrons. The number of carbonyl (C=O) groups excluding carboxylic acids is 1. The minimum atomic E-state index is -0.350. The van der Waals surface area contributed by atoms with Gasteiger partial charge in [0, 0.05) is 5.69 Å². The number of aryl methyl sites for hydroxylation is 1. The molecule has 5 nitrogen and oxygen atoms in total. The highest BCUT2D eigenvalue weighted by molar-refractivity contribution is 7.80. The molecule has 1 amide bonds. The van der Waals surface area contributed by atoms with Crippen LogP contribution in [0.2, 0.25) is 0 Å². The predicted octanol–water partition coefficient (Wildman–Crippen LogP) is 2.59. The summed E-state index contributed by atoms with van der Waals surface area (Å²) in [6.45, 7) is 1.85. The quantitative estimate of drug-likeness (QED) is 0.597. The van der Waals surface area contributed by atoms with Gasteiger partial charge in [-0.05, 0) is 55.5 Å². The Morgan fingerprint density at radius 3 is 2.41 bits per heavy atom. The van der Waals surface area contributed by atoms with Crippen molar-refractivity contribution in [3.8, 4) is 11.5 Å². The third kappa shape index (κ3) is 5.06. The second-order valence-corrected chi connectivity index (χ2v) is 5.06. The number of anilines is 1. The zero-order valence-electron chi connectivity index (χ0n) is 12.0. The Morgan fingerprint density at radius 1 is 1.14 bits per heavy atom. The second-order valence-electron chi connectivity index (χ2n) is 4.65. The van der Waals surface area contributed by atoms with Crippen molar-refractivity contribution in [3.05, 3.63) is 54.1 Å². The molecule has 0 aliphatic rings. The molecule has 0 heterocycles. The van der Waals surface area contributed by atoms with Gasteiger partial charge >= 0.3 is 0 Å². The maximum absolute atomic E-state index is 11.7. The molecule has 0 saturated heterocycles. The fourth-order valence-electron chi connectivity index (χ4n) is 1.65. The van der Waals surface area contributed by atoms with Gasteiger partial charge in [-0.1, -0.05) is 17.7 Å². The topological polar surface area (TPSA) is 70.6 Å². The Balaban J connectivity index is 1.77. The van der Waals surface area contributed by atoms with E-state index in [2.05, 4.69) is 10.6 Å². The average molecular weight is 316 g/mol. The molecule has 22 heavy (non-hydrogen) atoms. The van der Waals surface area contributed by atoms with Crippen LogP contribution in [0.5, 0.6) is 11.5 Å². The van der Waals surface area contributed by atoms with Gasteiger partial charge in [0.15, 0.2) is 11.7 Å². The number of phenolic OH excluding ortho intramolecular Hbond substituents is 1. The molecular weight excluding hydrogens is 300 g/mol. The van der Waals surface area contributed by atoms with E-state index in [4.69, 9.17) is 17.0 Å². The maximum atomic E-state index is 11.7. The summed E-state index contributed by atoms with van der Waals surface area (Å²) in [6, 6.07) is 13.8. The van der Waals surface area contributed by atoms with Crippen molar-refractivity contribution in [2.75, 3.05) is 11.9 Å². The second kappa shape index (κ2) is 7.42. The minimum Gasteiger partial charge on any atom is -0.508 e. The molecule has 114 valence electrons. The van der Waals surface area contributed by atoms with Crippen molar-refractivity contribution in [1.29, 1.82) is 0 Å². The number of ether oxygens (including phenoxy) is 1. The highest BCUT2D eigenvalue weighted by Gasteiger charge is 2.06. The number of benzene rings is 2. The van der Waals surface area contributed by atoms with Crippen LogP contribution in [0, 0.1) is 6.92 Å². The van der Waals surface area contributed by atoms with Crippen LogP contribution in [0.15, 0.2) is 48.5 Å². The molecule has 0 aliphatic carbocycles. The van der Waals surface area contributed by atoms with Crippen molar-refractivity contribution in [1.82, 2.24) is 5.32 Å². The lowest BCUT2D eigenvalue weighted by molar-refractivity contribution is -0.121. The molecular formula is C16H16N2O3S. The van der Waals surface area contributed by atoms with Crippen molar-refractivity contribution in [2.24, 2.45) is 0 Å².